The fourth-order valence-electron chi connectivity index (χ4n) is 2.61. The lowest BCUT2D eigenvalue weighted by Gasteiger charge is -2.16. The van der Waals surface area contributed by atoms with E-state index in [0.29, 0.717) is 6.42 Å². The molecule has 21 heavy (non-hydrogen) atoms. The molecule has 5 nitrogen and oxygen atoms in total. The number of aryl methyl sites for hydroxylation is 1. The van der Waals surface area contributed by atoms with Gasteiger partial charge in [-0.05, 0) is 25.7 Å². The Balaban J connectivity index is 1.82. The number of thiazole rings is 2. The summed E-state index contributed by atoms with van der Waals surface area (Å²) < 4.78 is 0. The van der Waals surface area contributed by atoms with Gasteiger partial charge < -0.3 is 10.4 Å². The predicted molar refractivity (Wildman–Crippen MR) is 84.2 cm³/mol. The second-order valence-corrected chi connectivity index (χ2v) is 7.10. The SMILES string of the molecule is CCC(Nc1nc2c(s1)CCCC2C(=O)O)c1nccs1. The summed E-state index contributed by atoms with van der Waals surface area (Å²) in [4.78, 5) is 21.3. The normalized spacial score (nSPS) is 19.0. The summed E-state index contributed by atoms with van der Waals surface area (Å²) >= 11 is 3.21. The van der Waals surface area contributed by atoms with Crippen molar-refractivity contribution in [2.24, 2.45) is 0 Å². The largest absolute Gasteiger partial charge is 0.481 e. The number of carbonyl (C=O) groups is 1. The molecule has 0 saturated heterocycles. The van der Waals surface area contributed by atoms with Gasteiger partial charge in [0.2, 0.25) is 0 Å². The summed E-state index contributed by atoms with van der Waals surface area (Å²) in [5.74, 6) is -1.21. The van der Waals surface area contributed by atoms with E-state index in [2.05, 4.69) is 22.2 Å². The second-order valence-electron chi connectivity index (χ2n) is 5.09. The van der Waals surface area contributed by atoms with Crippen LogP contribution in [0.2, 0.25) is 0 Å². The van der Waals surface area contributed by atoms with Gasteiger partial charge in [0.05, 0.1) is 11.7 Å². The molecule has 2 N–H and O–H groups in total. The molecule has 7 heteroatoms. The number of rotatable bonds is 5. The van der Waals surface area contributed by atoms with Crippen molar-refractivity contribution in [1.82, 2.24) is 9.97 Å². The molecule has 2 unspecified atom stereocenters. The molecule has 0 amide bonds. The van der Waals surface area contributed by atoms with Gasteiger partial charge in [-0.15, -0.1) is 22.7 Å². The molecule has 1 aliphatic rings. The summed E-state index contributed by atoms with van der Waals surface area (Å²) in [6.45, 7) is 2.10. The Labute approximate surface area is 131 Å². The molecular weight excluding hydrogens is 306 g/mol. The average Bonchev–Trinajstić information content (AvgIpc) is 3.12. The van der Waals surface area contributed by atoms with Crippen molar-refractivity contribution in [1.29, 1.82) is 0 Å². The van der Waals surface area contributed by atoms with Crippen molar-refractivity contribution < 1.29 is 9.90 Å². The predicted octanol–water partition coefficient (Wildman–Crippen LogP) is 3.67. The third kappa shape index (κ3) is 2.94. The van der Waals surface area contributed by atoms with E-state index in [-0.39, 0.29) is 6.04 Å². The Bertz CT molecular complexity index is 624. The van der Waals surface area contributed by atoms with Crippen LogP contribution >= 0.6 is 22.7 Å². The van der Waals surface area contributed by atoms with Gasteiger partial charge in [0.1, 0.15) is 10.9 Å². The molecule has 2 atom stereocenters. The topological polar surface area (TPSA) is 75.1 Å². The Morgan fingerprint density at radius 1 is 1.62 bits per heavy atom. The highest BCUT2D eigenvalue weighted by atomic mass is 32.1. The smallest absolute Gasteiger partial charge is 0.312 e. The highest BCUT2D eigenvalue weighted by Crippen LogP contribution is 2.38. The number of fused-ring (bicyclic) bond motifs is 1. The van der Waals surface area contributed by atoms with Crippen molar-refractivity contribution in [2.45, 2.75) is 44.6 Å². The van der Waals surface area contributed by atoms with E-state index in [9.17, 15) is 9.90 Å². The van der Waals surface area contributed by atoms with Gasteiger partial charge in [0.25, 0.3) is 0 Å². The maximum absolute atomic E-state index is 11.3. The number of nitrogens with one attached hydrogen (secondary N) is 1. The van der Waals surface area contributed by atoms with Crippen LogP contribution in [-0.2, 0) is 11.2 Å². The van der Waals surface area contributed by atoms with Gasteiger partial charge in [0, 0.05) is 16.5 Å². The molecule has 2 heterocycles. The monoisotopic (exact) mass is 323 g/mol. The number of carboxylic acids is 1. The average molecular weight is 323 g/mol. The van der Waals surface area contributed by atoms with Crippen LogP contribution in [0.4, 0.5) is 5.13 Å². The standard InChI is InChI=1S/C14H17N3O2S2/c1-2-9(12-15-6-7-20-12)16-14-17-11-8(13(18)19)4-3-5-10(11)21-14/h6-9H,2-5H2,1H3,(H,16,17)(H,18,19). The van der Waals surface area contributed by atoms with Crippen LogP contribution in [0, 0.1) is 0 Å². The minimum absolute atomic E-state index is 0.140. The lowest BCUT2D eigenvalue weighted by Crippen LogP contribution is -2.17. The van der Waals surface area contributed by atoms with Gasteiger partial charge in [-0.3, -0.25) is 4.79 Å². The van der Waals surface area contributed by atoms with Crippen molar-refractivity contribution in [3.05, 3.63) is 27.2 Å². The first-order valence-electron chi connectivity index (χ1n) is 7.07. The molecule has 0 radical (unpaired) electrons. The number of nitrogens with zero attached hydrogens (tertiary/aromatic N) is 2. The molecule has 2 aromatic rings. The molecule has 2 aromatic heterocycles. The van der Waals surface area contributed by atoms with Gasteiger partial charge in [-0.1, -0.05) is 6.92 Å². The second kappa shape index (κ2) is 6.11. The third-order valence-electron chi connectivity index (χ3n) is 3.71. The lowest BCUT2D eigenvalue weighted by atomic mass is 9.91. The number of hydrogen-bond donors (Lipinski definition) is 2. The first-order valence-corrected chi connectivity index (χ1v) is 8.77. The number of carboxylic acid groups (broad SMARTS) is 1. The van der Waals surface area contributed by atoms with Gasteiger partial charge in [-0.25, -0.2) is 9.97 Å². The summed E-state index contributed by atoms with van der Waals surface area (Å²) in [6.07, 6.45) is 5.27. The Kier molecular flexibility index (Phi) is 4.21. The van der Waals surface area contributed by atoms with Gasteiger partial charge >= 0.3 is 5.97 Å². The molecule has 0 bridgehead atoms. The maximum Gasteiger partial charge on any atom is 0.312 e. The highest BCUT2D eigenvalue weighted by molar-refractivity contribution is 7.15. The third-order valence-corrected chi connectivity index (χ3v) is 5.66. The highest BCUT2D eigenvalue weighted by Gasteiger charge is 2.30. The minimum atomic E-state index is -0.764. The molecule has 1 aliphatic carbocycles. The van der Waals surface area contributed by atoms with Crippen LogP contribution in [0.1, 0.15) is 53.7 Å². The molecule has 0 saturated carbocycles. The number of anilines is 1. The van der Waals surface area contributed by atoms with Crippen LogP contribution in [-0.4, -0.2) is 21.0 Å². The number of hydrogen-bond acceptors (Lipinski definition) is 6. The first-order chi connectivity index (χ1) is 10.2. The van der Waals surface area contributed by atoms with E-state index in [1.807, 2.05) is 5.38 Å². The van der Waals surface area contributed by atoms with Crippen LogP contribution in [0.15, 0.2) is 11.6 Å². The molecule has 0 aliphatic heterocycles. The van der Waals surface area contributed by atoms with Crippen LogP contribution in [0.3, 0.4) is 0 Å². The van der Waals surface area contributed by atoms with Crippen molar-refractivity contribution >= 4 is 33.8 Å². The van der Waals surface area contributed by atoms with Gasteiger partial charge in [0.15, 0.2) is 5.13 Å². The van der Waals surface area contributed by atoms with Crippen molar-refractivity contribution in [2.75, 3.05) is 5.32 Å². The maximum atomic E-state index is 11.3. The molecular formula is C14H17N3O2S2. The Morgan fingerprint density at radius 3 is 3.14 bits per heavy atom. The summed E-state index contributed by atoms with van der Waals surface area (Å²) in [6, 6.07) is 0.140. The van der Waals surface area contributed by atoms with Gasteiger partial charge in [-0.2, -0.15) is 0 Å². The molecule has 3 rings (SSSR count). The summed E-state index contributed by atoms with van der Waals surface area (Å²) in [7, 11) is 0. The quantitative estimate of drug-likeness (QED) is 0.878. The zero-order valence-corrected chi connectivity index (χ0v) is 13.3. The number of aromatic nitrogens is 2. The lowest BCUT2D eigenvalue weighted by molar-refractivity contribution is -0.139. The van der Waals surface area contributed by atoms with E-state index in [0.717, 1.165) is 40.0 Å². The molecule has 0 spiro atoms. The Morgan fingerprint density at radius 2 is 2.48 bits per heavy atom. The fourth-order valence-corrected chi connectivity index (χ4v) is 4.50. The number of aliphatic carboxylic acids is 1. The summed E-state index contributed by atoms with van der Waals surface area (Å²) in [5, 5.41) is 16.5. The Hall–Kier alpha value is -1.47. The first kappa shape index (κ1) is 14.5. The van der Waals surface area contributed by atoms with E-state index < -0.39 is 11.9 Å². The van der Waals surface area contributed by atoms with E-state index in [1.54, 1.807) is 28.9 Å². The van der Waals surface area contributed by atoms with Crippen molar-refractivity contribution in [3.8, 4) is 0 Å². The fraction of sp³-hybridized carbons (Fsp3) is 0.500. The van der Waals surface area contributed by atoms with Crippen LogP contribution in [0.5, 0.6) is 0 Å². The molecule has 0 aromatic carbocycles. The van der Waals surface area contributed by atoms with E-state index in [1.165, 1.54) is 0 Å². The van der Waals surface area contributed by atoms with E-state index in [4.69, 9.17) is 0 Å². The van der Waals surface area contributed by atoms with Crippen LogP contribution < -0.4 is 5.32 Å². The molecule has 0 fully saturated rings. The zero-order valence-electron chi connectivity index (χ0n) is 11.7. The zero-order chi connectivity index (χ0) is 14.8. The van der Waals surface area contributed by atoms with E-state index >= 15 is 0 Å². The van der Waals surface area contributed by atoms with Crippen LogP contribution in [0.25, 0.3) is 0 Å². The van der Waals surface area contributed by atoms with Crippen molar-refractivity contribution in [3.63, 3.8) is 0 Å². The minimum Gasteiger partial charge on any atom is -0.481 e. The summed E-state index contributed by atoms with van der Waals surface area (Å²) in [5.41, 5.74) is 0.759. The molecule has 112 valence electrons.